The Balaban J connectivity index is 1.93. The highest BCUT2D eigenvalue weighted by Gasteiger charge is 2.38. The van der Waals surface area contributed by atoms with Crippen molar-refractivity contribution in [3.63, 3.8) is 0 Å². The molecule has 1 aliphatic carbocycles. The van der Waals surface area contributed by atoms with Crippen LogP contribution in [0.2, 0.25) is 5.15 Å². The Morgan fingerprint density at radius 3 is 2.57 bits per heavy atom. The first-order chi connectivity index (χ1) is 9.95. The van der Waals surface area contributed by atoms with Crippen LogP contribution >= 0.6 is 11.6 Å². The van der Waals surface area contributed by atoms with Gasteiger partial charge in [-0.2, -0.15) is 13.2 Å². The minimum absolute atomic E-state index is 0.148. The lowest BCUT2D eigenvalue weighted by molar-refractivity contribution is -0.144. The molecule has 2 heterocycles. The number of anilines is 1. The van der Waals surface area contributed by atoms with Crippen molar-refractivity contribution in [2.75, 3.05) is 11.4 Å². The van der Waals surface area contributed by atoms with Crippen molar-refractivity contribution in [3.05, 3.63) is 17.0 Å². The molecule has 3 rings (SSSR count). The van der Waals surface area contributed by atoms with Crippen LogP contribution in [-0.2, 0) is 6.18 Å². The molecule has 0 radical (unpaired) electrons. The lowest BCUT2D eigenvalue weighted by atomic mass is 9.78. The molecular formula is C14H17ClF3N3. The quantitative estimate of drug-likeness (QED) is 0.722. The van der Waals surface area contributed by atoms with Crippen LogP contribution in [0.5, 0.6) is 0 Å². The summed E-state index contributed by atoms with van der Waals surface area (Å²) in [7, 11) is 0. The summed E-state index contributed by atoms with van der Waals surface area (Å²) in [5.41, 5.74) is 0. The summed E-state index contributed by atoms with van der Waals surface area (Å²) in [5.74, 6) is -0.266. The zero-order chi connectivity index (χ0) is 15.0. The van der Waals surface area contributed by atoms with Crippen LogP contribution < -0.4 is 4.90 Å². The Kier molecular flexibility index (Phi) is 3.99. The number of rotatable bonds is 1. The van der Waals surface area contributed by atoms with E-state index < -0.39 is 12.0 Å². The van der Waals surface area contributed by atoms with Gasteiger partial charge in [0.1, 0.15) is 11.0 Å². The van der Waals surface area contributed by atoms with Gasteiger partial charge in [0, 0.05) is 18.7 Å². The molecule has 2 unspecified atom stereocenters. The van der Waals surface area contributed by atoms with Gasteiger partial charge in [-0.15, -0.1) is 0 Å². The van der Waals surface area contributed by atoms with Crippen molar-refractivity contribution in [2.45, 2.75) is 50.7 Å². The van der Waals surface area contributed by atoms with Gasteiger partial charge in [0.2, 0.25) is 5.82 Å². The zero-order valence-electron chi connectivity index (χ0n) is 11.5. The first-order valence-corrected chi connectivity index (χ1v) is 7.71. The molecule has 3 nitrogen and oxygen atoms in total. The molecular weight excluding hydrogens is 303 g/mol. The number of halogens is 4. The third-order valence-corrected chi connectivity index (χ3v) is 4.67. The van der Waals surface area contributed by atoms with Crippen LogP contribution in [0, 0.1) is 5.92 Å². The van der Waals surface area contributed by atoms with E-state index in [4.69, 9.17) is 11.6 Å². The van der Waals surface area contributed by atoms with Gasteiger partial charge < -0.3 is 4.90 Å². The van der Waals surface area contributed by atoms with E-state index in [1.807, 2.05) is 4.90 Å². The molecule has 0 amide bonds. The summed E-state index contributed by atoms with van der Waals surface area (Å²) in [4.78, 5) is 9.04. The van der Waals surface area contributed by atoms with E-state index in [1.54, 1.807) is 0 Å². The summed E-state index contributed by atoms with van der Waals surface area (Å²) in [6, 6.07) is 1.74. The van der Waals surface area contributed by atoms with Crippen molar-refractivity contribution < 1.29 is 13.2 Å². The average molecular weight is 320 g/mol. The minimum Gasteiger partial charge on any atom is -0.353 e. The number of aromatic nitrogens is 2. The molecule has 1 aliphatic heterocycles. The summed E-state index contributed by atoms with van der Waals surface area (Å²) in [6.45, 7) is 0.742. The zero-order valence-corrected chi connectivity index (χ0v) is 12.3. The van der Waals surface area contributed by atoms with Crippen LogP contribution in [0.25, 0.3) is 0 Å². The van der Waals surface area contributed by atoms with Crippen LogP contribution in [0.1, 0.15) is 44.3 Å². The van der Waals surface area contributed by atoms with E-state index >= 15 is 0 Å². The fourth-order valence-corrected chi connectivity index (χ4v) is 3.77. The predicted octanol–water partition coefficient (Wildman–Crippen LogP) is 4.31. The Hall–Kier alpha value is -1.04. The molecule has 116 valence electrons. The molecule has 0 bridgehead atoms. The van der Waals surface area contributed by atoms with Gasteiger partial charge >= 0.3 is 6.18 Å². The maximum atomic E-state index is 12.8. The molecule has 7 heteroatoms. The second-order valence-electron chi connectivity index (χ2n) is 5.82. The van der Waals surface area contributed by atoms with E-state index in [1.165, 1.54) is 12.5 Å². The van der Waals surface area contributed by atoms with Gasteiger partial charge in [0.05, 0.1) is 0 Å². The Labute approximate surface area is 126 Å². The highest BCUT2D eigenvalue weighted by molar-refractivity contribution is 6.29. The second-order valence-corrected chi connectivity index (χ2v) is 6.20. The summed E-state index contributed by atoms with van der Waals surface area (Å²) in [5, 5.41) is -0.148. The lowest BCUT2D eigenvalue weighted by Gasteiger charge is -2.44. The predicted molar refractivity (Wildman–Crippen MR) is 74.4 cm³/mol. The molecule has 21 heavy (non-hydrogen) atoms. The van der Waals surface area contributed by atoms with Crippen molar-refractivity contribution in [3.8, 4) is 0 Å². The first-order valence-electron chi connectivity index (χ1n) is 7.33. The van der Waals surface area contributed by atoms with Crippen LogP contribution in [0.15, 0.2) is 6.07 Å². The van der Waals surface area contributed by atoms with Crippen molar-refractivity contribution in [1.82, 2.24) is 9.97 Å². The maximum Gasteiger partial charge on any atom is 0.451 e. The van der Waals surface area contributed by atoms with Gasteiger partial charge in [0.25, 0.3) is 0 Å². The van der Waals surface area contributed by atoms with Gasteiger partial charge in [-0.25, -0.2) is 9.97 Å². The number of alkyl halides is 3. The topological polar surface area (TPSA) is 29.0 Å². The number of hydrogen-bond donors (Lipinski definition) is 0. The fourth-order valence-electron chi connectivity index (χ4n) is 3.59. The van der Waals surface area contributed by atoms with Crippen molar-refractivity contribution in [1.29, 1.82) is 0 Å². The van der Waals surface area contributed by atoms with E-state index in [0.29, 0.717) is 17.8 Å². The normalized spacial score (nSPS) is 26.6. The van der Waals surface area contributed by atoms with Crippen LogP contribution in [-0.4, -0.2) is 22.6 Å². The van der Waals surface area contributed by atoms with Gasteiger partial charge in [-0.05, 0) is 31.6 Å². The molecule has 1 saturated heterocycles. The van der Waals surface area contributed by atoms with Crippen molar-refractivity contribution >= 4 is 17.4 Å². The SMILES string of the molecule is FC(F)(F)c1nc(Cl)cc(N2CCCC3CCCCC32)n1. The molecule has 2 aliphatic rings. The Morgan fingerprint density at radius 1 is 1.10 bits per heavy atom. The Morgan fingerprint density at radius 2 is 1.81 bits per heavy atom. The number of nitrogens with zero attached hydrogens (tertiary/aromatic N) is 3. The molecule has 2 atom stereocenters. The van der Waals surface area contributed by atoms with E-state index in [2.05, 4.69) is 9.97 Å². The van der Waals surface area contributed by atoms with Crippen LogP contribution in [0.4, 0.5) is 19.0 Å². The maximum absolute atomic E-state index is 12.8. The number of piperidine rings is 1. The summed E-state index contributed by atoms with van der Waals surface area (Å²) >= 11 is 5.77. The molecule has 1 saturated carbocycles. The monoisotopic (exact) mass is 319 g/mol. The first kappa shape index (κ1) is 14.9. The fraction of sp³-hybridized carbons (Fsp3) is 0.714. The molecule has 0 spiro atoms. The molecule has 1 aromatic rings. The molecule has 0 aromatic carbocycles. The molecule has 1 aromatic heterocycles. The highest BCUT2D eigenvalue weighted by atomic mass is 35.5. The molecule has 0 N–H and O–H groups in total. The van der Waals surface area contributed by atoms with E-state index in [-0.39, 0.29) is 5.15 Å². The van der Waals surface area contributed by atoms with E-state index in [0.717, 1.165) is 38.6 Å². The number of fused-ring (bicyclic) bond motifs is 1. The lowest BCUT2D eigenvalue weighted by Crippen LogP contribution is -2.47. The largest absolute Gasteiger partial charge is 0.451 e. The smallest absolute Gasteiger partial charge is 0.353 e. The number of hydrogen-bond acceptors (Lipinski definition) is 3. The minimum atomic E-state index is -4.57. The Bertz CT molecular complexity index is 519. The van der Waals surface area contributed by atoms with Gasteiger partial charge in [0.15, 0.2) is 0 Å². The summed E-state index contributed by atoms with van der Waals surface area (Å²) in [6.07, 6.45) is 2.10. The average Bonchev–Trinajstić information content (AvgIpc) is 2.45. The third-order valence-electron chi connectivity index (χ3n) is 4.47. The van der Waals surface area contributed by atoms with E-state index in [9.17, 15) is 13.2 Å². The third kappa shape index (κ3) is 3.10. The summed E-state index contributed by atoms with van der Waals surface area (Å²) < 4.78 is 38.5. The van der Waals surface area contributed by atoms with Crippen LogP contribution in [0.3, 0.4) is 0 Å². The van der Waals surface area contributed by atoms with Gasteiger partial charge in [-0.3, -0.25) is 0 Å². The van der Waals surface area contributed by atoms with Gasteiger partial charge in [-0.1, -0.05) is 24.4 Å². The van der Waals surface area contributed by atoms with Crippen molar-refractivity contribution in [2.24, 2.45) is 5.92 Å². The highest BCUT2D eigenvalue weighted by Crippen LogP contribution is 2.38. The second kappa shape index (κ2) is 5.63. The standard InChI is InChI=1S/C14H17ClF3N3/c15-11-8-12(20-13(19-11)14(16,17)18)21-7-3-5-9-4-1-2-6-10(9)21/h8-10H,1-7H2. The molecule has 2 fully saturated rings.